The number of benzene rings is 2. The minimum atomic E-state index is -4.44. The van der Waals surface area contributed by atoms with Crippen LogP contribution in [0.1, 0.15) is 12.8 Å². The fourth-order valence-corrected chi connectivity index (χ4v) is 4.42. The van der Waals surface area contributed by atoms with Crippen molar-refractivity contribution in [1.29, 1.82) is 0 Å². The van der Waals surface area contributed by atoms with Gasteiger partial charge in [0.25, 0.3) is 0 Å². The zero-order valence-corrected chi connectivity index (χ0v) is 18.3. The normalized spacial score (nSPS) is 14.0. The molecule has 0 saturated carbocycles. The monoisotopic (exact) mass is 474 g/mol. The molecule has 1 aliphatic rings. The van der Waals surface area contributed by atoms with Gasteiger partial charge in [0, 0.05) is 24.3 Å². The molecule has 0 unspecified atom stereocenters. The Morgan fingerprint density at radius 1 is 1.12 bits per heavy atom. The van der Waals surface area contributed by atoms with Gasteiger partial charge in [-0.15, -0.1) is 0 Å². The molecule has 2 heterocycles. The molecule has 1 fully saturated rings. The van der Waals surface area contributed by atoms with Crippen molar-refractivity contribution >= 4 is 35.0 Å². The fourth-order valence-electron chi connectivity index (χ4n) is 3.65. The lowest BCUT2D eigenvalue weighted by Crippen LogP contribution is -2.24. The summed E-state index contributed by atoms with van der Waals surface area (Å²) in [6, 6.07) is 15.6. The van der Waals surface area contributed by atoms with Crippen molar-refractivity contribution in [3.8, 4) is 11.3 Å². The first-order valence-electron chi connectivity index (χ1n) is 10.3. The maximum absolute atomic E-state index is 13.2. The molecule has 0 bridgehead atoms. The van der Waals surface area contributed by atoms with Crippen LogP contribution < -0.4 is 10.2 Å². The third kappa shape index (κ3) is 5.75. The molecule has 10 heteroatoms. The highest BCUT2D eigenvalue weighted by molar-refractivity contribution is 7.99. The SMILES string of the molecule is O=C(CSc1ncc(-c2ccccc2)n1CC(F)(F)F)Nc1cccc(N2CCCC2=O)c1. The van der Waals surface area contributed by atoms with E-state index >= 15 is 0 Å². The second-order valence-electron chi connectivity index (χ2n) is 7.53. The Morgan fingerprint density at radius 2 is 1.91 bits per heavy atom. The van der Waals surface area contributed by atoms with Crippen LogP contribution in [0, 0.1) is 0 Å². The Bertz CT molecular complexity index is 1150. The summed E-state index contributed by atoms with van der Waals surface area (Å²) >= 11 is 0.936. The maximum Gasteiger partial charge on any atom is 0.406 e. The van der Waals surface area contributed by atoms with Gasteiger partial charge in [0.1, 0.15) is 6.54 Å². The zero-order chi connectivity index (χ0) is 23.4. The van der Waals surface area contributed by atoms with Gasteiger partial charge in [-0.25, -0.2) is 4.98 Å². The Kier molecular flexibility index (Phi) is 6.73. The van der Waals surface area contributed by atoms with E-state index in [4.69, 9.17) is 0 Å². The molecule has 2 amide bonds. The highest BCUT2D eigenvalue weighted by Gasteiger charge is 2.31. The summed E-state index contributed by atoms with van der Waals surface area (Å²) in [7, 11) is 0. The maximum atomic E-state index is 13.2. The van der Waals surface area contributed by atoms with Gasteiger partial charge in [-0.05, 0) is 30.2 Å². The van der Waals surface area contributed by atoms with E-state index in [1.807, 2.05) is 0 Å². The molecule has 6 nitrogen and oxygen atoms in total. The van der Waals surface area contributed by atoms with Gasteiger partial charge >= 0.3 is 6.18 Å². The number of aromatic nitrogens is 2. The first-order valence-corrected chi connectivity index (χ1v) is 11.3. The average Bonchev–Trinajstić information content (AvgIpc) is 3.38. The van der Waals surface area contributed by atoms with Crippen LogP contribution in [-0.4, -0.2) is 39.8 Å². The molecule has 4 rings (SSSR count). The van der Waals surface area contributed by atoms with E-state index < -0.39 is 12.7 Å². The quantitative estimate of drug-likeness (QED) is 0.491. The molecule has 0 aliphatic carbocycles. The van der Waals surface area contributed by atoms with Crippen LogP contribution in [0.15, 0.2) is 66.0 Å². The van der Waals surface area contributed by atoms with Gasteiger partial charge in [-0.3, -0.25) is 9.59 Å². The largest absolute Gasteiger partial charge is 0.406 e. The number of amides is 2. The molecule has 172 valence electrons. The molecule has 1 N–H and O–H groups in total. The molecule has 3 aromatic rings. The summed E-state index contributed by atoms with van der Waals surface area (Å²) < 4.78 is 40.7. The number of nitrogens with zero attached hydrogens (tertiary/aromatic N) is 3. The molecule has 33 heavy (non-hydrogen) atoms. The molecular formula is C23H21F3N4O2S. The van der Waals surface area contributed by atoms with Crippen molar-refractivity contribution in [2.24, 2.45) is 0 Å². The van der Waals surface area contributed by atoms with Crippen molar-refractivity contribution in [2.75, 3.05) is 22.5 Å². The third-order valence-corrected chi connectivity index (χ3v) is 6.06. The predicted molar refractivity (Wildman–Crippen MR) is 121 cm³/mol. The summed E-state index contributed by atoms with van der Waals surface area (Å²) in [6.07, 6.45) is -1.75. The summed E-state index contributed by atoms with van der Waals surface area (Å²) in [5.41, 5.74) is 2.16. The first-order chi connectivity index (χ1) is 15.8. The Labute approximate surface area is 192 Å². The Balaban J connectivity index is 1.45. The number of carbonyl (C=O) groups is 2. The highest BCUT2D eigenvalue weighted by Crippen LogP contribution is 2.30. The predicted octanol–water partition coefficient (Wildman–Crippen LogP) is 4.97. The summed E-state index contributed by atoms with van der Waals surface area (Å²) in [4.78, 5) is 30.2. The third-order valence-electron chi connectivity index (χ3n) is 5.07. The van der Waals surface area contributed by atoms with Crippen LogP contribution in [0.2, 0.25) is 0 Å². The molecule has 1 aromatic heterocycles. The molecule has 0 radical (unpaired) electrons. The number of hydrogen-bond donors (Lipinski definition) is 1. The van der Waals surface area contributed by atoms with E-state index in [0.29, 0.717) is 35.6 Å². The minimum absolute atomic E-state index is 0.0414. The summed E-state index contributed by atoms with van der Waals surface area (Å²) in [5, 5.41) is 2.85. The van der Waals surface area contributed by atoms with E-state index in [0.717, 1.165) is 22.7 Å². The number of hydrogen-bond acceptors (Lipinski definition) is 4. The lowest BCUT2D eigenvalue weighted by Gasteiger charge is -2.17. The fraction of sp³-hybridized carbons (Fsp3) is 0.261. The number of halogens is 3. The lowest BCUT2D eigenvalue weighted by molar-refractivity contribution is -0.141. The van der Waals surface area contributed by atoms with Gasteiger partial charge in [-0.1, -0.05) is 48.2 Å². The van der Waals surface area contributed by atoms with E-state index in [2.05, 4.69) is 10.3 Å². The smallest absolute Gasteiger partial charge is 0.325 e. The van der Waals surface area contributed by atoms with Crippen molar-refractivity contribution < 1.29 is 22.8 Å². The number of nitrogens with one attached hydrogen (secondary N) is 1. The molecular weight excluding hydrogens is 453 g/mol. The van der Waals surface area contributed by atoms with E-state index in [1.165, 1.54) is 6.20 Å². The van der Waals surface area contributed by atoms with Crippen LogP contribution in [-0.2, 0) is 16.1 Å². The van der Waals surface area contributed by atoms with Crippen molar-refractivity contribution in [2.45, 2.75) is 30.7 Å². The molecule has 1 saturated heterocycles. The standard InChI is InChI=1S/C23H21F3N4O2S/c24-23(25,26)15-30-19(16-6-2-1-3-7-16)13-27-22(30)33-14-20(31)28-17-8-4-9-18(12-17)29-11-5-10-21(29)32/h1-4,6-9,12-13H,5,10-11,14-15H2,(H,28,31). The van der Waals surface area contributed by atoms with Crippen LogP contribution in [0.25, 0.3) is 11.3 Å². The Hall–Kier alpha value is -3.27. The number of imidazole rings is 1. The van der Waals surface area contributed by atoms with Gasteiger partial charge < -0.3 is 14.8 Å². The van der Waals surface area contributed by atoms with Crippen molar-refractivity contribution in [1.82, 2.24) is 9.55 Å². The molecule has 1 aliphatic heterocycles. The zero-order valence-electron chi connectivity index (χ0n) is 17.5. The van der Waals surface area contributed by atoms with E-state index in [1.54, 1.807) is 59.5 Å². The summed E-state index contributed by atoms with van der Waals surface area (Å²) in [5.74, 6) is -0.455. The molecule has 0 atom stereocenters. The van der Waals surface area contributed by atoms with Gasteiger partial charge in [-0.2, -0.15) is 13.2 Å². The van der Waals surface area contributed by atoms with E-state index in [-0.39, 0.29) is 22.7 Å². The van der Waals surface area contributed by atoms with E-state index in [9.17, 15) is 22.8 Å². The number of thioether (sulfide) groups is 1. The summed E-state index contributed by atoms with van der Waals surface area (Å²) in [6.45, 7) is -0.565. The molecule has 0 spiro atoms. The van der Waals surface area contributed by atoms with Gasteiger partial charge in [0.2, 0.25) is 11.8 Å². The van der Waals surface area contributed by atoms with Crippen molar-refractivity contribution in [3.63, 3.8) is 0 Å². The number of alkyl halides is 3. The van der Waals surface area contributed by atoms with Crippen LogP contribution in [0.3, 0.4) is 0 Å². The molecule has 2 aromatic carbocycles. The van der Waals surface area contributed by atoms with Gasteiger partial charge in [0.15, 0.2) is 5.16 Å². The number of rotatable bonds is 7. The average molecular weight is 475 g/mol. The van der Waals surface area contributed by atoms with Crippen LogP contribution in [0.4, 0.5) is 24.5 Å². The number of anilines is 2. The number of carbonyl (C=O) groups excluding carboxylic acids is 2. The topological polar surface area (TPSA) is 67.2 Å². The highest BCUT2D eigenvalue weighted by atomic mass is 32.2. The van der Waals surface area contributed by atoms with Gasteiger partial charge in [0.05, 0.1) is 17.6 Å². The Morgan fingerprint density at radius 3 is 2.61 bits per heavy atom. The van der Waals surface area contributed by atoms with Crippen LogP contribution >= 0.6 is 11.8 Å². The first kappa shape index (κ1) is 22.9. The lowest BCUT2D eigenvalue weighted by atomic mass is 10.2. The second kappa shape index (κ2) is 9.70. The second-order valence-corrected chi connectivity index (χ2v) is 8.47. The van der Waals surface area contributed by atoms with Crippen LogP contribution in [0.5, 0.6) is 0 Å². The van der Waals surface area contributed by atoms with Crippen molar-refractivity contribution in [3.05, 3.63) is 60.8 Å². The minimum Gasteiger partial charge on any atom is -0.325 e.